The number of likely N-dealkylation sites (N-methyl/N-ethyl adjacent to an activating group) is 1. The number of carbonyl (C=O) groups is 3. The van der Waals surface area contributed by atoms with E-state index in [0.717, 1.165) is 22.0 Å². The molecule has 0 fully saturated rings. The predicted octanol–water partition coefficient (Wildman–Crippen LogP) is 3.44. The van der Waals surface area contributed by atoms with Crippen molar-refractivity contribution in [3.8, 4) is 0 Å². The third-order valence-corrected chi connectivity index (χ3v) is 4.50. The molecule has 3 rings (SSSR count). The van der Waals surface area contributed by atoms with Crippen molar-refractivity contribution in [2.75, 3.05) is 24.2 Å². The molecule has 0 aromatic heterocycles. The van der Waals surface area contributed by atoms with E-state index < -0.39 is 0 Å². The van der Waals surface area contributed by atoms with Gasteiger partial charge in [0.25, 0.3) is 0 Å². The maximum atomic E-state index is 12.5. The Morgan fingerprint density at radius 2 is 1.55 bits per heavy atom. The zero-order valence-corrected chi connectivity index (χ0v) is 16.4. The zero-order chi connectivity index (χ0) is 20.8. The SMILES string of the molecule is CC(=O)Nc1ccc(CC(=O)N(C)CC(=O)Nc2cccc3ccccc23)cc1. The van der Waals surface area contributed by atoms with Crippen molar-refractivity contribution in [1.29, 1.82) is 0 Å². The summed E-state index contributed by atoms with van der Waals surface area (Å²) in [5.41, 5.74) is 2.21. The molecule has 0 radical (unpaired) electrons. The van der Waals surface area contributed by atoms with E-state index in [1.165, 1.54) is 11.8 Å². The van der Waals surface area contributed by atoms with Crippen LogP contribution in [0.3, 0.4) is 0 Å². The minimum absolute atomic E-state index is 0.0357. The first-order valence-electron chi connectivity index (χ1n) is 9.30. The molecule has 0 aliphatic rings. The summed E-state index contributed by atoms with van der Waals surface area (Å²) in [6.45, 7) is 1.40. The van der Waals surface area contributed by atoms with Crippen LogP contribution in [-0.2, 0) is 20.8 Å². The van der Waals surface area contributed by atoms with Crippen LogP contribution in [-0.4, -0.2) is 36.2 Å². The van der Waals surface area contributed by atoms with Crippen LogP contribution in [0.1, 0.15) is 12.5 Å². The Kier molecular flexibility index (Phi) is 6.24. The van der Waals surface area contributed by atoms with Crippen LogP contribution in [0, 0.1) is 0 Å². The smallest absolute Gasteiger partial charge is 0.244 e. The monoisotopic (exact) mass is 389 g/mol. The van der Waals surface area contributed by atoms with Gasteiger partial charge in [-0.3, -0.25) is 14.4 Å². The molecule has 0 spiro atoms. The van der Waals surface area contributed by atoms with E-state index in [9.17, 15) is 14.4 Å². The Bertz CT molecular complexity index is 1040. The summed E-state index contributed by atoms with van der Waals surface area (Å²) in [6.07, 6.45) is 0.179. The molecule has 3 amide bonds. The number of hydrogen-bond acceptors (Lipinski definition) is 3. The van der Waals surface area contributed by atoms with Gasteiger partial charge in [0.1, 0.15) is 0 Å². The standard InChI is InChI=1S/C23H23N3O3/c1-16(27)24-19-12-10-17(11-13-19)14-23(29)26(2)15-22(28)25-21-9-5-7-18-6-3-4-8-20(18)21/h3-13H,14-15H2,1-2H3,(H,24,27)(H,25,28). The molecule has 6 nitrogen and oxygen atoms in total. The van der Waals surface area contributed by atoms with Gasteiger partial charge < -0.3 is 15.5 Å². The van der Waals surface area contributed by atoms with Gasteiger partial charge in [-0.05, 0) is 29.1 Å². The van der Waals surface area contributed by atoms with Crippen molar-refractivity contribution < 1.29 is 14.4 Å². The normalized spacial score (nSPS) is 10.4. The maximum absolute atomic E-state index is 12.5. The fraction of sp³-hybridized carbons (Fsp3) is 0.174. The van der Waals surface area contributed by atoms with Crippen LogP contribution in [0.2, 0.25) is 0 Å². The number of nitrogens with one attached hydrogen (secondary N) is 2. The second-order valence-corrected chi connectivity index (χ2v) is 6.88. The Balaban J connectivity index is 1.57. The highest BCUT2D eigenvalue weighted by Crippen LogP contribution is 2.22. The minimum atomic E-state index is -0.252. The molecule has 0 aliphatic carbocycles. The van der Waals surface area contributed by atoms with Crippen molar-refractivity contribution in [2.45, 2.75) is 13.3 Å². The second-order valence-electron chi connectivity index (χ2n) is 6.88. The zero-order valence-electron chi connectivity index (χ0n) is 16.4. The topological polar surface area (TPSA) is 78.5 Å². The molecule has 6 heteroatoms. The summed E-state index contributed by atoms with van der Waals surface area (Å²) in [4.78, 5) is 37.3. The quantitative estimate of drug-likeness (QED) is 0.678. The number of amides is 3. The lowest BCUT2D eigenvalue weighted by molar-refractivity contribution is -0.132. The first-order chi connectivity index (χ1) is 13.9. The van der Waals surface area contributed by atoms with Crippen LogP contribution in [0.5, 0.6) is 0 Å². The van der Waals surface area contributed by atoms with Crippen molar-refractivity contribution in [3.63, 3.8) is 0 Å². The third kappa shape index (κ3) is 5.42. The van der Waals surface area contributed by atoms with Gasteiger partial charge in [-0.2, -0.15) is 0 Å². The van der Waals surface area contributed by atoms with Gasteiger partial charge in [0.15, 0.2) is 0 Å². The van der Waals surface area contributed by atoms with Crippen molar-refractivity contribution in [2.24, 2.45) is 0 Å². The molecule has 148 valence electrons. The van der Waals surface area contributed by atoms with Gasteiger partial charge in [-0.25, -0.2) is 0 Å². The lowest BCUT2D eigenvalue weighted by atomic mass is 10.1. The van der Waals surface area contributed by atoms with Crippen LogP contribution in [0.25, 0.3) is 10.8 Å². The molecule has 0 unspecified atom stereocenters. The lowest BCUT2D eigenvalue weighted by Gasteiger charge is -2.17. The largest absolute Gasteiger partial charge is 0.336 e. The molecule has 29 heavy (non-hydrogen) atoms. The summed E-state index contributed by atoms with van der Waals surface area (Å²) < 4.78 is 0. The number of benzene rings is 3. The highest BCUT2D eigenvalue weighted by molar-refractivity contribution is 6.03. The first kappa shape index (κ1) is 20.1. The number of anilines is 2. The van der Waals surface area contributed by atoms with E-state index >= 15 is 0 Å². The number of carbonyl (C=O) groups excluding carboxylic acids is 3. The molecular weight excluding hydrogens is 366 g/mol. The number of fused-ring (bicyclic) bond motifs is 1. The van der Waals surface area contributed by atoms with Gasteiger partial charge in [0.2, 0.25) is 17.7 Å². The maximum Gasteiger partial charge on any atom is 0.244 e. The van der Waals surface area contributed by atoms with E-state index in [4.69, 9.17) is 0 Å². The molecular formula is C23H23N3O3. The summed E-state index contributed by atoms with van der Waals surface area (Å²) in [6, 6.07) is 20.6. The van der Waals surface area contributed by atoms with E-state index in [0.29, 0.717) is 5.69 Å². The Morgan fingerprint density at radius 1 is 0.862 bits per heavy atom. The Morgan fingerprint density at radius 3 is 2.28 bits per heavy atom. The average Bonchev–Trinajstić information content (AvgIpc) is 2.69. The summed E-state index contributed by atoms with van der Waals surface area (Å²) in [7, 11) is 1.61. The van der Waals surface area contributed by atoms with Crippen molar-refractivity contribution in [1.82, 2.24) is 4.90 Å². The molecule has 3 aromatic rings. The highest BCUT2D eigenvalue weighted by Gasteiger charge is 2.14. The first-order valence-corrected chi connectivity index (χ1v) is 9.30. The van der Waals surface area contributed by atoms with Gasteiger partial charge in [-0.15, -0.1) is 0 Å². The molecule has 3 aromatic carbocycles. The number of rotatable bonds is 6. The van der Waals surface area contributed by atoms with E-state index in [2.05, 4.69) is 10.6 Å². The Hall–Kier alpha value is -3.67. The van der Waals surface area contributed by atoms with Crippen molar-refractivity contribution in [3.05, 3.63) is 72.3 Å². The summed E-state index contributed by atoms with van der Waals surface area (Å²) >= 11 is 0. The van der Waals surface area contributed by atoms with Crippen molar-refractivity contribution >= 4 is 39.9 Å². The molecule has 0 heterocycles. The van der Waals surface area contributed by atoms with Crippen LogP contribution < -0.4 is 10.6 Å². The molecule has 2 N–H and O–H groups in total. The predicted molar refractivity (Wildman–Crippen MR) is 115 cm³/mol. The molecule has 0 saturated carbocycles. The van der Waals surface area contributed by atoms with Crippen LogP contribution in [0.15, 0.2) is 66.7 Å². The van der Waals surface area contributed by atoms with Gasteiger partial charge >= 0.3 is 0 Å². The summed E-state index contributed by atoms with van der Waals surface area (Å²) in [5, 5.41) is 7.56. The van der Waals surface area contributed by atoms with Gasteiger partial charge in [0.05, 0.1) is 13.0 Å². The number of nitrogens with zero attached hydrogens (tertiary/aromatic N) is 1. The third-order valence-electron chi connectivity index (χ3n) is 4.50. The lowest BCUT2D eigenvalue weighted by Crippen LogP contribution is -2.35. The summed E-state index contributed by atoms with van der Waals surface area (Å²) in [5.74, 6) is -0.561. The Labute approximate surface area is 169 Å². The highest BCUT2D eigenvalue weighted by atomic mass is 16.2. The molecule has 0 saturated heterocycles. The minimum Gasteiger partial charge on any atom is -0.336 e. The second kappa shape index (κ2) is 9.01. The van der Waals surface area contributed by atoms with E-state index in [1.54, 1.807) is 31.3 Å². The average molecular weight is 389 g/mol. The van der Waals surface area contributed by atoms with E-state index in [-0.39, 0.29) is 30.7 Å². The van der Waals surface area contributed by atoms with Gasteiger partial charge in [0, 0.05) is 30.7 Å². The molecule has 0 atom stereocenters. The fourth-order valence-corrected chi connectivity index (χ4v) is 3.05. The fourth-order valence-electron chi connectivity index (χ4n) is 3.05. The number of hydrogen-bond donors (Lipinski definition) is 2. The van der Waals surface area contributed by atoms with Crippen LogP contribution in [0.4, 0.5) is 11.4 Å². The van der Waals surface area contributed by atoms with Crippen LogP contribution >= 0.6 is 0 Å². The molecule has 0 bridgehead atoms. The van der Waals surface area contributed by atoms with E-state index in [1.807, 2.05) is 42.5 Å². The van der Waals surface area contributed by atoms with Gasteiger partial charge in [-0.1, -0.05) is 48.5 Å². The molecule has 0 aliphatic heterocycles.